The molecule has 1 aromatic heterocycles. The van der Waals surface area contributed by atoms with E-state index in [1.807, 2.05) is 0 Å². The molecular formula is C12H20BrNS. The lowest BCUT2D eigenvalue weighted by Crippen LogP contribution is -2.20. The van der Waals surface area contributed by atoms with Crippen LogP contribution in [-0.2, 0) is 6.42 Å². The summed E-state index contributed by atoms with van der Waals surface area (Å²) in [6.45, 7) is 8.90. The van der Waals surface area contributed by atoms with Crippen molar-refractivity contribution < 1.29 is 0 Å². The number of aromatic nitrogens is 1. The fourth-order valence-corrected chi connectivity index (χ4v) is 2.39. The van der Waals surface area contributed by atoms with Gasteiger partial charge in [0.1, 0.15) is 0 Å². The highest BCUT2D eigenvalue weighted by molar-refractivity contribution is 9.09. The number of rotatable bonds is 4. The summed E-state index contributed by atoms with van der Waals surface area (Å²) in [6.07, 6.45) is 3.55. The Bertz CT molecular complexity index is 301. The van der Waals surface area contributed by atoms with E-state index in [1.165, 1.54) is 23.5 Å². The van der Waals surface area contributed by atoms with E-state index in [0.717, 1.165) is 6.42 Å². The van der Waals surface area contributed by atoms with Crippen LogP contribution in [-0.4, -0.2) is 9.81 Å². The molecule has 0 bridgehead atoms. The van der Waals surface area contributed by atoms with Crippen LogP contribution in [0.2, 0.25) is 0 Å². The summed E-state index contributed by atoms with van der Waals surface area (Å²) in [5, 5.41) is 3.35. The Hall–Kier alpha value is 0.110. The first-order valence-electron chi connectivity index (χ1n) is 5.44. The molecule has 0 saturated heterocycles. The highest BCUT2D eigenvalue weighted by Gasteiger charge is 2.20. The first-order chi connectivity index (χ1) is 6.89. The average Bonchev–Trinajstić information content (AvgIpc) is 2.49. The van der Waals surface area contributed by atoms with Gasteiger partial charge in [0.25, 0.3) is 0 Å². The molecule has 1 heterocycles. The highest BCUT2D eigenvalue weighted by atomic mass is 79.9. The van der Waals surface area contributed by atoms with Gasteiger partial charge in [-0.1, -0.05) is 36.7 Å². The first kappa shape index (κ1) is 13.2. The maximum Gasteiger partial charge on any atom is 0.0897 e. The van der Waals surface area contributed by atoms with Crippen molar-refractivity contribution in [2.75, 3.05) is 0 Å². The molecule has 0 radical (unpaired) electrons. The summed E-state index contributed by atoms with van der Waals surface area (Å²) in [4.78, 5) is 5.07. The minimum Gasteiger partial charge on any atom is -0.247 e. The molecule has 3 heteroatoms. The Morgan fingerprint density at radius 2 is 2.13 bits per heavy atom. The Kier molecular flexibility index (Phi) is 4.78. The molecule has 1 aromatic rings. The monoisotopic (exact) mass is 289 g/mol. The fourth-order valence-electron chi connectivity index (χ4n) is 1.42. The van der Waals surface area contributed by atoms with Crippen LogP contribution in [0.1, 0.15) is 44.3 Å². The molecule has 0 aliphatic rings. The van der Waals surface area contributed by atoms with Crippen molar-refractivity contribution in [3.8, 4) is 0 Å². The molecule has 0 fully saturated rings. The first-order valence-corrected chi connectivity index (χ1v) is 7.24. The summed E-state index contributed by atoms with van der Waals surface area (Å²) in [6, 6.07) is 0. The van der Waals surface area contributed by atoms with Gasteiger partial charge in [-0.3, -0.25) is 0 Å². The maximum atomic E-state index is 4.47. The minimum atomic E-state index is 0.359. The smallest absolute Gasteiger partial charge is 0.0897 e. The fraction of sp³-hybridized carbons (Fsp3) is 0.750. The molecule has 0 spiro atoms. The molecule has 0 aliphatic heterocycles. The standard InChI is InChI=1S/C12H20BrNS/c1-9-14-10(8-15-9)6-5-7-11(13)12(2,3)4/h8,11H,5-7H2,1-4H3. The van der Waals surface area contributed by atoms with Crippen LogP contribution in [0.15, 0.2) is 5.38 Å². The van der Waals surface area contributed by atoms with Gasteiger partial charge in [0, 0.05) is 10.2 Å². The number of alkyl halides is 1. The second kappa shape index (κ2) is 5.44. The van der Waals surface area contributed by atoms with Crippen LogP contribution in [0.4, 0.5) is 0 Å². The largest absolute Gasteiger partial charge is 0.247 e. The van der Waals surface area contributed by atoms with Crippen LogP contribution in [0.25, 0.3) is 0 Å². The SMILES string of the molecule is Cc1nc(CCCC(Br)C(C)(C)C)cs1. The van der Waals surface area contributed by atoms with Gasteiger partial charge in [-0.25, -0.2) is 4.98 Å². The summed E-state index contributed by atoms with van der Waals surface area (Å²) in [5.41, 5.74) is 1.61. The summed E-state index contributed by atoms with van der Waals surface area (Å²) >= 11 is 5.51. The molecule has 1 nitrogen and oxygen atoms in total. The zero-order chi connectivity index (χ0) is 11.5. The Balaban J connectivity index is 2.28. The van der Waals surface area contributed by atoms with Crippen LogP contribution < -0.4 is 0 Å². The van der Waals surface area contributed by atoms with Gasteiger partial charge in [0.15, 0.2) is 0 Å². The number of thiazole rings is 1. The molecule has 0 aliphatic carbocycles. The highest BCUT2D eigenvalue weighted by Crippen LogP contribution is 2.29. The number of aryl methyl sites for hydroxylation is 2. The molecule has 1 unspecified atom stereocenters. The number of halogens is 1. The van der Waals surface area contributed by atoms with E-state index in [2.05, 4.69) is 54.0 Å². The molecule has 1 atom stereocenters. The normalized spacial score (nSPS) is 14.2. The predicted octanol–water partition coefficient (Wildman–Crippen LogP) is 4.58. The van der Waals surface area contributed by atoms with Crippen molar-refractivity contribution >= 4 is 27.3 Å². The summed E-state index contributed by atoms with van der Waals surface area (Å²) < 4.78 is 0. The van der Waals surface area contributed by atoms with E-state index in [9.17, 15) is 0 Å². The predicted molar refractivity (Wildman–Crippen MR) is 72.0 cm³/mol. The quantitative estimate of drug-likeness (QED) is 0.739. The number of nitrogens with zero attached hydrogens (tertiary/aromatic N) is 1. The minimum absolute atomic E-state index is 0.359. The van der Waals surface area contributed by atoms with Crippen molar-refractivity contribution in [2.45, 2.75) is 51.8 Å². The third-order valence-electron chi connectivity index (χ3n) is 2.50. The lowest BCUT2D eigenvalue weighted by Gasteiger charge is -2.25. The lowest BCUT2D eigenvalue weighted by molar-refractivity contribution is 0.380. The molecule has 86 valence electrons. The molecular weight excluding hydrogens is 270 g/mol. The number of hydrogen-bond acceptors (Lipinski definition) is 2. The molecule has 15 heavy (non-hydrogen) atoms. The average molecular weight is 290 g/mol. The van der Waals surface area contributed by atoms with Gasteiger partial charge >= 0.3 is 0 Å². The molecule has 0 amide bonds. The van der Waals surface area contributed by atoms with Crippen LogP contribution in [0.5, 0.6) is 0 Å². The summed E-state index contributed by atoms with van der Waals surface area (Å²) in [5.74, 6) is 0. The van der Waals surface area contributed by atoms with Gasteiger partial charge in [-0.05, 0) is 31.6 Å². The van der Waals surface area contributed by atoms with E-state index in [1.54, 1.807) is 11.3 Å². The van der Waals surface area contributed by atoms with Gasteiger partial charge in [0.2, 0.25) is 0 Å². The van der Waals surface area contributed by atoms with Gasteiger partial charge in [-0.2, -0.15) is 0 Å². The lowest BCUT2D eigenvalue weighted by atomic mass is 9.89. The summed E-state index contributed by atoms with van der Waals surface area (Å²) in [7, 11) is 0. The van der Waals surface area contributed by atoms with Crippen LogP contribution in [0, 0.1) is 12.3 Å². The topological polar surface area (TPSA) is 12.9 Å². The Morgan fingerprint density at radius 1 is 1.47 bits per heavy atom. The van der Waals surface area contributed by atoms with E-state index in [4.69, 9.17) is 0 Å². The second-order valence-electron chi connectivity index (χ2n) is 5.08. The molecule has 0 N–H and O–H groups in total. The Morgan fingerprint density at radius 3 is 2.60 bits per heavy atom. The van der Waals surface area contributed by atoms with E-state index >= 15 is 0 Å². The molecule has 0 saturated carbocycles. The third kappa shape index (κ3) is 4.64. The Labute approximate surface area is 105 Å². The van der Waals surface area contributed by atoms with Crippen molar-refractivity contribution in [1.82, 2.24) is 4.98 Å². The van der Waals surface area contributed by atoms with Crippen LogP contribution >= 0.6 is 27.3 Å². The van der Waals surface area contributed by atoms with Crippen molar-refractivity contribution in [3.05, 3.63) is 16.1 Å². The molecule has 1 rings (SSSR count). The zero-order valence-electron chi connectivity index (χ0n) is 10.0. The van der Waals surface area contributed by atoms with Crippen molar-refractivity contribution in [3.63, 3.8) is 0 Å². The number of hydrogen-bond donors (Lipinski definition) is 0. The third-order valence-corrected chi connectivity index (χ3v) is 5.15. The van der Waals surface area contributed by atoms with Crippen LogP contribution in [0.3, 0.4) is 0 Å². The van der Waals surface area contributed by atoms with E-state index in [-0.39, 0.29) is 0 Å². The molecule has 0 aromatic carbocycles. The second-order valence-corrected chi connectivity index (χ2v) is 7.25. The van der Waals surface area contributed by atoms with Gasteiger partial charge in [0.05, 0.1) is 10.7 Å². The van der Waals surface area contributed by atoms with Crippen molar-refractivity contribution in [2.24, 2.45) is 5.41 Å². The van der Waals surface area contributed by atoms with Crippen molar-refractivity contribution in [1.29, 1.82) is 0 Å². The van der Waals surface area contributed by atoms with E-state index < -0.39 is 0 Å². The van der Waals surface area contributed by atoms with Gasteiger partial charge < -0.3 is 0 Å². The van der Waals surface area contributed by atoms with Gasteiger partial charge in [-0.15, -0.1) is 11.3 Å². The van der Waals surface area contributed by atoms with E-state index in [0.29, 0.717) is 10.2 Å². The maximum absolute atomic E-state index is 4.47. The zero-order valence-corrected chi connectivity index (χ0v) is 12.4.